The molecule has 2 aromatic carbocycles. The molecule has 0 radical (unpaired) electrons. The summed E-state index contributed by atoms with van der Waals surface area (Å²) >= 11 is 1.76. The monoisotopic (exact) mass is 540 g/mol. The molecular formula is C28H36N4O5S. The van der Waals surface area contributed by atoms with E-state index in [0.29, 0.717) is 6.04 Å². The van der Waals surface area contributed by atoms with Gasteiger partial charge in [-0.05, 0) is 70.2 Å². The highest BCUT2D eigenvalue weighted by molar-refractivity contribution is 7.18. The van der Waals surface area contributed by atoms with Gasteiger partial charge in [0.1, 0.15) is 11.1 Å². The van der Waals surface area contributed by atoms with Crippen LogP contribution in [0.4, 0.5) is 5.69 Å². The van der Waals surface area contributed by atoms with Crippen LogP contribution in [0.25, 0.3) is 10.2 Å². The van der Waals surface area contributed by atoms with Gasteiger partial charge in [0.25, 0.3) is 0 Å². The summed E-state index contributed by atoms with van der Waals surface area (Å²) in [4.78, 5) is 30.4. The number of likely N-dealkylation sites (N-methyl/N-ethyl adjacent to an activating group) is 1. The molecule has 2 aliphatic rings. The first-order valence-electron chi connectivity index (χ1n) is 12.9. The standard InChI is InChI=1S/C26H34N4OS.C2H2O4/c1-28(2)21-11-16-30(18-21)20-8-6-7-19(17-20)25(31-22-12-14-29(3)15-13-22)26-27-23-9-4-5-10-24(23)32-26;3-1(4)2(5)6/h4-10,17,21-22,25H,11-16,18H2,1-3H3;(H,3,4)(H,5,6). The number of aromatic nitrogens is 1. The van der Waals surface area contributed by atoms with E-state index in [1.165, 1.54) is 22.4 Å². The summed E-state index contributed by atoms with van der Waals surface area (Å²) in [5.41, 5.74) is 3.58. The van der Waals surface area contributed by atoms with Crippen LogP contribution in [0.5, 0.6) is 0 Å². The molecule has 2 unspecified atom stereocenters. The number of aliphatic carboxylic acids is 2. The van der Waals surface area contributed by atoms with E-state index in [0.717, 1.165) is 49.5 Å². The number of carboxylic acid groups (broad SMARTS) is 2. The van der Waals surface area contributed by atoms with Gasteiger partial charge < -0.3 is 29.6 Å². The summed E-state index contributed by atoms with van der Waals surface area (Å²) in [6.45, 7) is 4.37. The number of para-hydroxylation sites is 1. The highest BCUT2D eigenvalue weighted by atomic mass is 32.1. The summed E-state index contributed by atoms with van der Waals surface area (Å²) in [7, 11) is 6.56. The molecule has 0 bridgehead atoms. The van der Waals surface area contributed by atoms with Crippen molar-refractivity contribution >= 4 is 39.2 Å². The lowest BCUT2D eigenvalue weighted by Gasteiger charge is -2.31. The first-order valence-corrected chi connectivity index (χ1v) is 13.7. The van der Waals surface area contributed by atoms with Gasteiger partial charge in [0.15, 0.2) is 0 Å². The van der Waals surface area contributed by atoms with Crippen LogP contribution in [0.15, 0.2) is 48.5 Å². The van der Waals surface area contributed by atoms with Gasteiger partial charge in [-0.25, -0.2) is 14.6 Å². The van der Waals surface area contributed by atoms with Crippen molar-refractivity contribution in [2.24, 2.45) is 0 Å². The molecule has 0 saturated carbocycles. The zero-order chi connectivity index (χ0) is 27.2. The van der Waals surface area contributed by atoms with E-state index in [1.54, 1.807) is 11.3 Å². The quantitative estimate of drug-likeness (QED) is 0.452. The predicted molar refractivity (Wildman–Crippen MR) is 149 cm³/mol. The minimum absolute atomic E-state index is 0.118. The van der Waals surface area contributed by atoms with Crippen LogP contribution in [-0.4, -0.2) is 96.4 Å². The Balaban J connectivity index is 0.000000505. The number of carboxylic acids is 2. The van der Waals surface area contributed by atoms with Gasteiger partial charge in [0.05, 0.1) is 16.3 Å². The second-order valence-corrected chi connectivity index (χ2v) is 11.2. The van der Waals surface area contributed by atoms with Gasteiger partial charge in [0, 0.05) is 37.9 Å². The van der Waals surface area contributed by atoms with Crippen molar-refractivity contribution in [3.63, 3.8) is 0 Å². The molecule has 9 nitrogen and oxygen atoms in total. The van der Waals surface area contributed by atoms with Crippen molar-refractivity contribution in [1.82, 2.24) is 14.8 Å². The number of fused-ring (bicyclic) bond motifs is 1. The number of carbonyl (C=O) groups is 2. The lowest BCUT2D eigenvalue weighted by Crippen LogP contribution is -2.35. The fourth-order valence-corrected chi connectivity index (χ4v) is 5.91. The van der Waals surface area contributed by atoms with Crippen LogP contribution < -0.4 is 4.90 Å². The van der Waals surface area contributed by atoms with Gasteiger partial charge in [0.2, 0.25) is 0 Å². The number of hydrogen-bond acceptors (Lipinski definition) is 8. The third kappa shape index (κ3) is 7.08. The Morgan fingerprint density at radius 1 is 1.03 bits per heavy atom. The van der Waals surface area contributed by atoms with Crippen LogP contribution in [0.3, 0.4) is 0 Å². The molecule has 10 heteroatoms. The summed E-state index contributed by atoms with van der Waals surface area (Å²) in [5.74, 6) is -3.65. The number of ether oxygens (including phenoxy) is 1. The lowest BCUT2D eigenvalue weighted by atomic mass is 10.1. The van der Waals surface area contributed by atoms with Crippen LogP contribution in [-0.2, 0) is 14.3 Å². The molecule has 204 valence electrons. The van der Waals surface area contributed by atoms with E-state index in [-0.39, 0.29) is 12.2 Å². The maximum atomic E-state index is 9.10. The molecular weight excluding hydrogens is 504 g/mol. The van der Waals surface area contributed by atoms with Gasteiger partial charge in [-0.2, -0.15) is 0 Å². The van der Waals surface area contributed by atoms with Crippen molar-refractivity contribution in [3.05, 3.63) is 59.1 Å². The van der Waals surface area contributed by atoms with E-state index in [4.69, 9.17) is 29.5 Å². The molecule has 0 aliphatic carbocycles. The van der Waals surface area contributed by atoms with Gasteiger partial charge >= 0.3 is 11.9 Å². The second-order valence-electron chi connectivity index (χ2n) is 10.1. The fraction of sp³-hybridized carbons (Fsp3) is 0.464. The van der Waals surface area contributed by atoms with E-state index in [1.807, 2.05) is 0 Å². The van der Waals surface area contributed by atoms with Crippen LogP contribution in [0.1, 0.15) is 35.9 Å². The molecule has 0 spiro atoms. The number of benzene rings is 2. The van der Waals surface area contributed by atoms with Gasteiger partial charge in [-0.1, -0.05) is 24.3 Å². The number of anilines is 1. The molecule has 2 fully saturated rings. The molecule has 2 aliphatic heterocycles. The predicted octanol–water partition coefficient (Wildman–Crippen LogP) is 3.79. The molecule has 2 N–H and O–H groups in total. The van der Waals surface area contributed by atoms with Gasteiger partial charge in [-0.15, -0.1) is 11.3 Å². The summed E-state index contributed by atoms with van der Waals surface area (Å²) in [5, 5.41) is 15.8. The molecule has 5 rings (SSSR count). The van der Waals surface area contributed by atoms with Crippen molar-refractivity contribution in [3.8, 4) is 0 Å². The van der Waals surface area contributed by atoms with Gasteiger partial charge in [-0.3, -0.25) is 0 Å². The average molecular weight is 541 g/mol. The summed E-state index contributed by atoms with van der Waals surface area (Å²) < 4.78 is 8.04. The lowest BCUT2D eigenvalue weighted by molar-refractivity contribution is -0.159. The SMILES string of the molecule is CN1CCC(OC(c2cccc(N3CCC(N(C)C)C3)c2)c2nc3ccccc3s2)CC1.O=C(O)C(=O)O. The molecule has 3 heterocycles. The van der Waals surface area contributed by atoms with E-state index in [2.05, 4.69) is 84.4 Å². The summed E-state index contributed by atoms with van der Waals surface area (Å²) in [6, 6.07) is 18.0. The molecule has 1 aromatic heterocycles. The number of hydrogen-bond donors (Lipinski definition) is 2. The Morgan fingerprint density at radius 2 is 1.74 bits per heavy atom. The highest BCUT2D eigenvalue weighted by Crippen LogP contribution is 2.36. The van der Waals surface area contributed by atoms with E-state index >= 15 is 0 Å². The maximum Gasteiger partial charge on any atom is 0.414 e. The fourth-order valence-electron chi connectivity index (χ4n) is 4.88. The molecule has 3 aromatic rings. The van der Waals surface area contributed by atoms with Crippen LogP contribution >= 0.6 is 11.3 Å². The maximum absolute atomic E-state index is 9.10. The van der Waals surface area contributed by atoms with E-state index in [9.17, 15) is 0 Å². The van der Waals surface area contributed by atoms with Crippen molar-refractivity contribution in [2.75, 3.05) is 52.2 Å². The number of likely N-dealkylation sites (tertiary alicyclic amines) is 1. The molecule has 38 heavy (non-hydrogen) atoms. The number of rotatable bonds is 6. The third-order valence-electron chi connectivity index (χ3n) is 7.14. The first-order chi connectivity index (χ1) is 18.2. The Labute approximate surface area is 227 Å². The smallest absolute Gasteiger partial charge is 0.414 e. The topological polar surface area (TPSA) is 106 Å². The van der Waals surface area contributed by atoms with Crippen molar-refractivity contribution in [2.45, 2.75) is 37.5 Å². The Kier molecular flexibility index (Phi) is 9.32. The molecule has 2 saturated heterocycles. The van der Waals surface area contributed by atoms with E-state index < -0.39 is 11.9 Å². The second kappa shape index (κ2) is 12.7. The van der Waals surface area contributed by atoms with Crippen molar-refractivity contribution in [1.29, 1.82) is 0 Å². The largest absolute Gasteiger partial charge is 0.473 e. The molecule has 0 amide bonds. The number of piperidine rings is 1. The van der Waals surface area contributed by atoms with Crippen LogP contribution in [0.2, 0.25) is 0 Å². The summed E-state index contributed by atoms with van der Waals surface area (Å²) in [6.07, 6.45) is 3.53. The van der Waals surface area contributed by atoms with Crippen molar-refractivity contribution < 1.29 is 24.5 Å². The molecule has 2 atom stereocenters. The zero-order valence-electron chi connectivity index (χ0n) is 22.1. The number of nitrogens with zero attached hydrogens (tertiary/aromatic N) is 4. The Morgan fingerprint density at radius 3 is 2.37 bits per heavy atom. The average Bonchev–Trinajstić information content (AvgIpc) is 3.57. The minimum Gasteiger partial charge on any atom is -0.473 e. The van der Waals surface area contributed by atoms with Crippen LogP contribution in [0, 0.1) is 0 Å². The zero-order valence-corrected chi connectivity index (χ0v) is 22.9. The number of thiazole rings is 1. The first kappa shape index (κ1) is 28.0. The Bertz CT molecular complexity index is 1200. The highest BCUT2D eigenvalue weighted by Gasteiger charge is 2.28. The Hall–Kier alpha value is -3.05. The third-order valence-corrected chi connectivity index (χ3v) is 8.22. The normalized spacial score (nSPS) is 19.4. The minimum atomic E-state index is -1.82.